The van der Waals surface area contributed by atoms with E-state index >= 15 is 0 Å². The van der Waals surface area contributed by atoms with Gasteiger partial charge in [0.2, 0.25) is 0 Å². The van der Waals surface area contributed by atoms with Crippen molar-refractivity contribution >= 4 is 17.4 Å². The van der Waals surface area contributed by atoms with Crippen molar-refractivity contribution < 1.29 is 9.90 Å². The molecule has 0 spiro atoms. The highest BCUT2D eigenvalue weighted by molar-refractivity contribution is 7.09. The Morgan fingerprint density at radius 3 is 2.75 bits per heavy atom. The van der Waals surface area contributed by atoms with Crippen LogP contribution in [0.4, 0.5) is 4.79 Å². The third-order valence-corrected chi connectivity index (χ3v) is 5.14. The number of nitrogens with zero attached hydrogens (tertiary/aromatic N) is 1. The Morgan fingerprint density at radius 2 is 2.12 bits per heavy atom. The smallest absolute Gasteiger partial charge is 0.315 e. The number of urea groups is 1. The van der Waals surface area contributed by atoms with E-state index in [1.165, 1.54) is 0 Å². The van der Waals surface area contributed by atoms with Gasteiger partial charge in [0.1, 0.15) is 5.01 Å². The highest BCUT2D eigenvalue weighted by Gasteiger charge is 2.35. The lowest BCUT2D eigenvalue weighted by molar-refractivity contribution is 0.169. The summed E-state index contributed by atoms with van der Waals surface area (Å²) in [7, 11) is 0. The maximum atomic E-state index is 12.2. The predicted molar refractivity (Wildman–Crippen MR) is 95.0 cm³/mol. The number of rotatable bonds is 7. The lowest BCUT2D eigenvalue weighted by Crippen LogP contribution is -2.42. The van der Waals surface area contributed by atoms with Crippen LogP contribution in [0.2, 0.25) is 0 Å². The minimum Gasteiger partial charge on any atom is -0.391 e. The van der Waals surface area contributed by atoms with Crippen LogP contribution in [0.15, 0.2) is 35.7 Å². The van der Waals surface area contributed by atoms with Crippen molar-refractivity contribution in [2.75, 3.05) is 6.54 Å². The quantitative estimate of drug-likeness (QED) is 0.722. The first kappa shape index (κ1) is 16.9. The fourth-order valence-corrected chi connectivity index (χ4v) is 3.63. The molecule has 128 valence electrons. The molecule has 2 unspecified atom stereocenters. The SMILES string of the molecule is Cc1csc(C(NC(=O)NCC(O)Cc2ccccc2)C2CC2)n1. The van der Waals surface area contributed by atoms with Gasteiger partial charge in [0, 0.05) is 24.0 Å². The van der Waals surface area contributed by atoms with Crippen LogP contribution in [-0.4, -0.2) is 28.8 Å². The van der Waals surface area contributed by atoms with Gasteiger partial charge in [0.05, 0.1) is 12.1 Å². The Hall–Kier alpha value is -1.92. The van der Waals surface area contributed by atoms with Crippen LogP contribution in [0.3, 0.4) is 0 Å². The number of aliphatic hydroxyl groups excluding tert-OH is 1. The summed E-state index contributed by atoms with van der Waals surface area (Å²) in [6.07, 6.45) is 2.18. The summed E-state index contributed by atoms with van der Waals surface area (Å²) in [5.74, 6) is 0.482. The van der Waals surface area contributed by atoms with Crippen LogP contribution in [0.5, 0.6) is 0 Å². The summed E-state index contributed by atoms with van der Waals surface area (Å²) in [6, 6.07) is 9.51. The number of benzene rings is 1. The molecule has 5 nitrogen and oxygen atoms in total. The summed E-state index contributed by atoms with van der Waals surface area (Å²) in [6.45, 7) is 2.19. The van der Waals surface area contributed by atoms with Crippen LogP contribution in [0.1, 0.15) is 35.1 Å². The van der Waals surface area contributed by atoms with E-state index < -0.39 is 6.10 Å². The first-order valence-electron chi connectivity index (χ1n) is 8.30. The molecular weight excluding hydrogens is 322 g/mol. The molecule has 0 saturated heterocycles. The highest BCUT2D eigenvalue weighted by atomic mass is 32.1. The topological polar surface area (TPSA) is 74.2 Å². The molecule has 2 amide bonds. The average Bonchev–Trinajstić information content (AvgIpc) is 3.33. The molecule has 6 heteroatoms. The zero-order valence-corrected chi connectivity index (χ0v) is 14.6. The van der Waals surface area contributed by atoms with Crippen molar-refractivity contribution in [3.63, 3.8) is 0 Å². The number of nitrogens with one attached hydrogen (secondary N) is 2. The van der Waals surface area contributed by atoms with E-state index in [9.17, 15) is 9.90 Å². The van der Waals surface area contributed by atoms with Crippen molar-refractivity contribution in [3.8, 4) is 0 Å². The summed E-state index contributed by atoms with van der Waals surface area (Å²) >= 11 is 1.59. The van der Waals surface area contributed by atoms with Gasteiger partial charge in [-0.2, -0.15) is 0 Å². The first-order chi connectivity index (χ1) is 11.6. The van der Waals surface area contributed by atoms with Crippen LogP contribution >= 0.6 is 11.3 Å². The van der Waals surface area contributed by atoms with Gasteiger partial charge in [-0.05, 0) is 31.2 Å². The molecule has 1 aliphatic carbocycles. The summed E-state index contributed by atoms with van der Waals surface area (Å²) in [5, 5.41) is 18.8. The summed E-state index contributed by atoms with van der Waals surface area (Å²) in [5.41, 5.74) is 2.04. The normalized spacial score (nSPS) is 16.4. The fourth-order valence-electron chi connectivity index (χ4n) is 2.69. The number of aryl methyl sites for hydroxylation is 1. The van der Waals surface area contributed by atoms with Gasteiger partial charge >= 0.3 is 6.03 Å². The van der Waals surface area contributed by atoms with Crippen molar-refractivity contribution in [1.29, 1.82) is 0 Å². The van der Waals surface area contributed by atoms with Crippen molar-refractivity contribution in [2.24, 2.45) is 5.92 Å². The maximum Gasteiger partial charge on any atom is 0.315 e. The van der Waals surface area contributed by atoms with Gasteiger partial charge in [0.25, 0.3) is 0 Å². The number of hydrogen-bond acceptors (Lipinski definition) is 4. The number of aliphatic hydroxyl groups is 1. The predicted octanol–water partition coefficient (Wildman–Crippen LogP) is 2.81. The van der Waals surface area contributed by atoms with E-state index in [1.54, 1.807) is 11.3 Å². The van der Waals surface area contributed by atoms with Crippen LogP contribution < -0.4 is 10.6 Å². The van der Waals surface area contributed by atoms with Gasteiger partial charge in [-0.3, -0.25) is 0 Å². The van der Waals surface area contributed by atoms with Crippen LogP contribution in [0, 0.1) is 12.8 Å². The number of hydrogen-bond donors (Lipinski definition) is 3. The summed E-state index contributed by atoms with van der Waals surface area (Å²) in [4.78, 5) is 16.7. The summed E-state index contributed by atoms with van der Waals surface area (Å²) < 4.78 is 0. The van der Waals surface area contributed by atoms with Crippen molar-refractivity contribution in [1.82, 2.24) is 15.6 Å². The van der Waals surface area contributed by atoms with E-state index in [4.69, 9.17) is 0 Å². The fraction of sp³-hybridized carbons (Fsp3) is 0.444. The molecular formula is C18H23N3O2S. The van der Waals surface area contributed by atoms with E-state index in [2.05, 4.69) is 15.6 Å². The minimum atomic E-state index is -0.598. The molecule has 24 heavy (non-hydrogen) atoms. The molecule has 1 fully saturated rings. The number of thiazole rings is 1. The van der Waals surface area contributed by atoms with Gasteiger partial charge < -0.3 is 15.7 Å². The Labute approximate surface area is 146 Å². The first-order valence-corrected chi connectivity index (χ1v) is 9.18. The van der Waals surface area contributed by atoms with E-state index in [1.807, 2.05) is 42.6 Å². The molecule has 1 aromatic carbocycles. The molecule has 3 rings (SSSR count). The Kier molecular flexibility index (Phi) is 5.48. The Morgan fingerprint density at radius 1 is 1.38 bits per heavy atom. The molecule has 1 aliphatic rings. The number of carbonyl (C=O) groups excluding carboxylic acids is 1. The van der Waals surface area contributed by atoms with Crippen molar-refractivity contribution in [3.05, 3.63) is 52.0 Å². The van der Waals surface area contributed by atoms with E-state index in [0.717, 1.165) is 29.1 Å². The van der Waals surface area contributed by atoms with Gasteiger partial charge in [0.15, 0.2) is 0 Å². The van der Waals surface area contributed by atoms with E-state index in [-0.39, 0.29) is 18.6 Å². The molecule has 0 aliphatic heterocycles. The highest BCUT2D eigenvalue weighted by Crippen LogP contribution is 2.41. The van der Waals surface area contributed by atoms with Crippen molar-refractivity contribution in [2.45, 2.75) is 38.3 Å². The second kappa shape index (κ2) is 7.77. The monoisotopic (exact) mass is 345 g/mol. The standard InChI is InChI=1S/C18H23N3O2S/c1-12-11-24-17(20-12)16(14-7-8-14)21-18(23)19-10-15(22)9-13-5-3-2-4-6-13/h2-6,11,14-16,22H,7-10H2,1H3,(H2,19,21,23). The third-order valence-electron chi connectivity index (χ3n) is 4.10. The number of carbonyl (C=O) groups is 1. The van der Waals surface area contributed by atoms with Gasteiger partial charge in [-0.25, -0.2) is 9.78 Å². The zero-order valence-electron chi connectivity index (χ0n) is 13.7. The lowest BCUT2D eigenvalue weighted by Gasteiger charge is -2.18. The molecule has 1 aromatic heterocycles. The molecule has 2 aromatic rings. The van der Waals surface area contributed by atoms with Crippen LogP contribution in [0.25, 0.3) is 0 Å². The zero-order chi connectivity index (χ0) is 16.9. The largest absolute Gasteiger partial charge is 0.391 e. The number of amides is 2. The Balaban J connectivity index is 1.47. The average molecular weight is 345 g/mol. The van der Waals surface area contributed by atoms with Gasteiger partial charge in [-0.1, -0.05) is 30.3 Å². The molecule has 0 radical (unpaired) electrons. The van der Waals surface area contributed by atoms with Gasteiger partial charge in [-0.15, -0.1) is 11.3 Å². The lowest BCUT2D eigenvalue weighted by atomic mass is 10.1. The molecule has 1 heterocycles. The molecule has 0 bridgehead atoms. The maximum absolute atomic E-state index is 12.2. The Bertz CT molecular complexity index is 670. The third kappa shape index (κ3) is 4.79. The minimum absolute atomic E-state index is 0.0185. The molecule has 3 N–H and O–H groups in total. The second-order valence-corrected chi connectivity index (χ2v) is 7.23. The van der Waals surface area contributed by atoms with Crippen LogP contribution in [-0.2, 0) is 6.42 Å². The second-order valence-electron chi connectivity index (χ2n) is 6.34. The van der Waals surface area contributed by atoms with E-state index in [0.29, 0.717) is 12.3 Å². The molecule has 2 atom stereocenters. The number of aromatic nitrogens is 1. The molecule has 1 saturated carbocycles.